The first kappa shape index (κ1) is 24.0. The van der Waals surface area contributed by atoms with Crippen molar-refractivity contribution in [3.63, 3.8) is 0 Å². The molecule has 3 rings (SSSR count). The molecule has 0 saturated heterocycles. The highest BCUT2D eigenvalue weighted by Gasteiger charge is 2.56. The molecule has 1 aromatic carbocycles. The molecule has 0 radical (unpaired) electrons. The lowest BCUT2D eigenvalue weighted by molar-refractivity contribution is -0.280. The second kappa shape index (κ2) is 8.37. The number of aliphatic hydroxyl groups is 1. The van der Waals surface area contributed by atoms with Crippen LogP contribution >= 0.6 is 0 Å². The number of rotatable bonds is 7. The summed E-state index contributed by atoms with van der Waals surface area (Å²) in [4.78, 5) is 7.43. The van der Waals surface area contributed by atoms with Crippen LogP contribution in [0.4, 0.5) is 17.6 Å². The molecule has 0 aliphatic rings. The van der Waals surface area contributed by atoms with Gasteiger partial charge >= 0.3 is 6.18 Å². The average Bonchev–Trinajstić information content (AvgIpc) is 3.08. The summed E-state index contributed by atoms with van der Waals surface area (Å²) >= 11 is 0. The van der Waals surface area contributed by atoms with Crippen molar-refractivity contribution >= 4 is 10.9 Å². The molecule has 5 nitrogen and oxygen atoms in total. The number of pyridine rings is 1. The molecule has 0 amide bonds. The number of hydrogen-bond acceptors (Lipinski definition) is 4. The normalized spacial score (nSPS) is 14.6. The van der Waals surface area contributed by atoms with Crippen LogP contribution in [0, 0.1) is 19.7 Å². The largest absolute Gasteiger partial charge is 0.496 e. The van der Waals surface area contributed by atoms with E-state index in [0.717, 1.165) is 28.4 Å². The zero-order valence-corrected chi connectivity index (χ0v) is 18.6. The van der Waals surface area contributed by atoms with Gasteiger partial charge in [-0.1, -0.05) is 13.8 Å². The molecular formula is C23H27F4N3O2. The molecule has 0 spiro atoms. The first-order chi connectivity index (χ1) is 14.8. The number of aromatic amines is 1. The summed E-state index contributed by atoms with van der Waals surface area (Å²) in [5.74, 6) is -0.357. The number of ether oxygens (including phenoxy) is 1. The van der Waals surface area contributed by atoms with Gasteiger partial charge < -0.3 is 14.8 Å². The highest BCUT2D eigenvalue weighted by atomic mass is 19.4. The van der Waals surface area contributed by atoms with Crippen LogP contribution in [-0.2, 0) is 12.0 Å². The third kappa shape index (κ3) is 4.73. The van der Waals surface area contributed by atoms with Crippen LogP contribution in [0.1, 0.15) is 42.9 Å². The van der Waals surface area contributed by atoms with E-state index in [1.165, 1.54) is 33.1 Å². The fraction of sp³-hybridized carbons (Fsp3) is 0.435. The maximum Gasteiger partial charge on any atom is 0.431 e. The van der Waals surface area contributed by atoms with Crippen LogP contribution in [0.5, 0.6) is 5.75 Å². The second-order valence-electron chi connectivity index (χ2n) is 8.72. The minimum Gasteiger partial charge on any atom is -0.496 e. The van der Waals surface area contributed by atoms with Crippen LogP contribution in [0.25, 0.3) is 10.9 Å². The number of aromatic nitrogens is 2. The molecule has 32 heavy (non-hydrogen) atoms. The Bertz CT molecular complexity index is 1120. The summed E-state index contributed by atoms with van der Waals surface area (Å²) in [7, 11) is 1.36. The smallest absolute Gasteiger partial charge is 0.431 e. The monoisotopic (exact) mass is 453 g/mol. The summed E-state index contributed by atoms with van der Waals surface area (Å²) in [6.45, 7) is 6.39. The molecule has 3 N–H and O–H groups in total. The van der Waals surface area contributed by atoms with Gasteiger partial charge in [0.15, 0.2) is 0 Å². The van der Waals surface area contributed by atoms with Crippen LogP contribution in [-0.4, -0.2) is 34.1 Å². The number of fused-ring (bicyclic) bond motifs is 1. The van der Waals surface area contributed by atoms with Gasteiger partial charge in [0.2, 0.25) is 5.72 Å². The summed E-state index contributed by atoms with van der Waals surface area (Å²) in [5, 5.41) is 13.8. The molecule has 0 aliphatic heterocycles. The minimum atomic E-state index is -4.98. The summed E-state index contributed by atoms with van der Waals surface area (Å²) in [5.41, 5.74) is -1.50. The maximum atomic E-state index is 14.0. The van der Waals surface area contributed by atoms with Crippen molar-refractivity contribution in [3.05, 3.63) is 58.8 Å². The Balaban J connectivity index is 1.90. The number of halogens is 4. The Kier molecular flexibility index (Phi) is 6.27. The van der Waals surface area contributed by atoms with Crippen molar-refractivity contribution in [1.29, 1.82) is 0 Å². The first-order valence-corrected chi connectivity index (χ1v) is 10.1. The van der Waals surface area contributed by atoms with Gasteiger partial charge in [-0.05, 0) is 49.6 Å². The Hall–Kier alpha value is -2.65. The predicted molar refractivity (Wildman–Crippen MR) is 114 cm³/mol. The van der Waals surface area contributed by atoms with Gasteiger partial charge in [-0.25, -0.2) is 4.39 Å². The number of nitrogens with one attached hydrogen (secondary N) is 2. The molecule has 9 heteroatoms. The maximum absolute atomic E-state index is 14.0. The van der Waals surface area contributed by atoms with E-state index in [2.05, 4.69) is 15.3 Å². The van der Waals surface area contributed by atoms with Crippen molar-refractivity contribution in [2.75, 3.05) is 7.11 Å². The van der Waals surface area contributed by atoms with E-state index in [4.69, 9.17) is 4.74 Å². The molecule has 0 saturated carbocycles. The molecule has 3 aromatic rings. The number of hydrogen-bond donors (Lipinski definition) is 3. The summed E-state index contributed by atoms with van der Waals surface area (Å²) < 4.78 is 61.1. The molecule has 1 atom stereocenters. The van der Waals surface area contributed by atoms with Gasteiger partial charge in [0.05, 0.1) is 7.11 Å². The topological polar surface area (TPSA) is 70.2 Å². The zero-order chi connectivity index (χ0) is 23.9. The Morgan fingerprint density at radius 1 is 1.12 bits per heavy atom. The SMILES string of the molecule is COc1ccc(F)cc1C(C)(C)CC(O)(NCc1cc2c(C)nc(C)cc2[nH]1)C(F)(F)F. The van der Waals surface area contributed by atoms with Gasteiger partial charge in [0.1, 0.15) is 11.6 Å². The standard InChI is InChI=1S/C23H27F4N3O2/c1-13-8-19-17(14(2)29-13)10-16(30-19)11-28-22(31,23(25,26)27)12-21(3,4)18-9-15(24)6-7-20(18)32-5/h6-10,28,30-31H,11-12H2,1-5H3. The molecule has 0 aliphatic carbocycles. The van der Waals surface area contributed by atoms with Crippen LogP contribution in [0.15, 0.2) is 30.3 Å². The molecule has 0 fully saturated rings. The molecular weight excluding hydrogens is 426 g/mol. The summed E-state index contributed by atoms with van der Waals surface area (Å²) in [6.07, 6.45) is -5.74. The van der Waals surface area contributed by atoms with Crippen molar-refractivity contribution in [2.45, 2.75) is 58.0 Å². The molecule has 2 heterocycles. The van der Waals surface area contributed by atoms with Crippen molar-refractivity contribution in [3.8, 4) is 5.75 Å². The summed E-state index contributed by atoms with van der Waals surface area (Å²) in [6, 6.07) is 7.17. The van der Waals surface area contributed by atoms with Crippen molar-refractivity contribution in [2.24, 2.45) is 0 Å². The Labute approximate surface area is 183 Å². The molecule has 2 aromatic heterocycles. The predicted octanol–water partition coefficient (Wildman–Crippen LogP) is 5.04. The van der Waals surface area contributed by atoms with Crippen LogP contribution in [0.3, 0.4) is 0 Å². The quantitative estimate of drug-likeness (QED) is 0.347. The first-order valence-electron chi connectivity index (χ1n) is 10.1. The van der Waals surface area contributed by atoms with E-state index in [1.54, 1.807) is 12.1 Å². The van der Waals surface area contributed by atoms with E-state index in [1.807, 2.05) is 13.8 Å². The Morgan fingerprint density at radius 2 is 1.81 bits per heavy atom. The van der Waals surface area contributed by atoms with E-state index in [-0.39, 0.29) is 17.9 Å². The number of alkyl halides is 3. The molecule has 1 unspecified atom stereocenters. The highest BCUT2D eigenvalue weighted by Crippen LogP contribution is 2.42. The highest BCUT2D eigenvalue weighted by molar-refractivity contribution is 5.82. The van der Waals surface area contributed by atoms with Crippen LogP contribution < -0.4 is 10.1 Å². The van der Waals surface area contributed by atoms with E-state index >= 15 is 0 Å². The van der Waals surface area contributed by atoms with Gasteiger partial charge in [0, 0.05) is 46.5 Å². The van der Waals surface area contributed by atoms with Gasteiger partial charge in [0.25, 0.3) is 0 Å². The van der Waals surface area contributed by atoms with Crippen LogP contribution in [0.2, 0.25) is 0 Å². The van der Waals surface area contributed by atoms with E-state index in [9.17, 15) is 22.7 Å². The zero-order valence-electron chi connectivity index (χ0n) is 18.6. The van der Waals surface area contributed by atoms with Gasteiger partial charge in [-0.2, -0.15) is 13.2 Å². The lowest BCUT2D eigenvalue weighted by Gasteiger charge is -2.38. The van der Waals surface area contributed by atoms with Gasteiger partial charge in [-0.3, -0.25) is 10.3 Å². The lowest BCUT2D eigenvalue weighted by Crippen LogP contribution is -2.59. The van der Waals surface area contributed by atoms with E-state index < -0.39 is 29.6 Å². The number of nitrogens with zero attached hydrogens (tertiary/aromatic N) is 1. The third-order valence-electron chi connectivity index (χ3n) is 5.62. The number of aryl methyl sites for hydroxylation is 2. The van der Waals surface area contributed by atoms with E-state index in [0.29, 0.717) is 5.69 Å². The fourth-order valence-electron chi connectivity index (χ4n) is 4.05. The minimum absolute atomic E-state index is 0.229. The van der Waals surface area contributed by atoms with Gasteiger partial charge in [-0.15, -0.1) is 0 Å². The molecule has 0 bridgehead atoms. The average molecular weight is 453 g/mol. The lowest BCUT2D eigenvalue weighted by atomic mass is 9.77. The number of benzene rings is 1. The van der Waals surface area contributed by atoms with Crippen molar-refractivity contribution in [1.82, 2.24) is 15.3 Å². The third-order valence-corrected chi connectivity index (χ3v) is 5.62. The fourth-order valence-corrected chi connectivity index (χ4v) is 4.05. The molecule has 174 valence electrons. The van der Waals surface area contributed by atoms with Crippen molar-refractivity contribution < 1.29 is 27.4 Å². The Morgan fingerprint density at radius 3 is 2.44 bits per heavy atom. The number of methoxy groups -OCH3 is 1. The number of H-pyrrole nitrogens is 1. The second-order valence-corrected chi connectivity index (χ2v) is 8.72.